The number of rotatable bonds is 4. The summed E-state index contributed by atoms with van der Waals surface area (Å²) < 4.78 is 0. The van der Waals surface area contributed by atoms with Gasteiger partial charge in [-0.3, -0.25) is 9.69 Å². The van der Waals surface area contributed by atoms with E-state index in [4.69, 9.17) is 5.73 Å². The molecule has 0 aromatic heterocycles. The zero-order valence-corrected chi connectivity index (χ0v) is 10.7. The molecule has 1 amide bonds. The van der Waals surface area contributed by atoms with Crippen molar-refractivity contribution in [2.45, 2.75) is 32.7 Å². The third-order valence-corrected chi connectivity index (χ3v) is 3.39. The molecule has 1 rings (SSSR count). The first kappa shape index (κ1) is 13.5. The zero-order valence-electron chi connectivity index (χ0n) is 10.7. The first-order valence-electron chi connectivity index (χ1n) is 6.21. The molecule has 4 heteroatoms. The van der Waals surface area contributed by atoms with Crippen molar-refractivity contribution in [3.63, 3.8) is 0 Å². The number of likely N-dealkylation sites (tertiary alicyclic amines) is 1. The monoisotopic (exact) mass is 227 g/mol. The predicted octanol–water partition coefficient (Wildman–Crippen LogP) is 0.428. The Morgan fingerprint density at radius 1 is 1.44 bits per heavy atom. The fourth-order valence-electron chi connectivity index (χ4n) is 2.69. The molecule has 1 aliphatic heterocycles. The summed E-state index contributed by atoms with van der Waals surface area (Å²) in [4.78, 5) is 13.8. The van der Waals surface area contributed by atoms with Crippen LogP contribution in [-0.2, 0) is 4.79 Å². The van der Waals surface area contributed by atoms with E-state index in [-0.39, 0.29) is 11.9 Å². The van der Waals surface area contributed by atoms with Crippen LogP contribution >= 0.6 is 0 Å². The number of carbonyl (C=O) groups is 1. The van der Waals surface area contributed by atoms with Crippen molar-refractivity contribution < 1.29 is 4.79 Å². The molecule has 4 nitrogen and oxygen atoms in total. The zero-order chi connectivity index (χ0) is 12.1. The van der Waals surface area contributed by atoms with E-state index < -0.39 is 0 Å². The third kappa shape index (κ3) is 3.76. The molecule has 94 valence electrons. The summed E-state index contributed by atoms with van der Waals surface area (Å²) in [5.74, 6) is 1.51. The largest absolute Gasteiger partial charge is 0.359 e. The van der Waals surface area contributed by atoms with Crippen molar-refractivity contribution in [2.24, 2.45) is 17.6 Å². The average Bonchev–Trinajstić information content (AvgIpc) is 2.24. The SMILES string of the molecule is CNC(=O)CC(CN)N1CC(C)CC(C)C1. The van der Waals surface area contributed by atoms with Crippen LogP contribution in [-0.4, -0.2) is 43.5 Å². The maximum absolute atomic E-state index is 11.4. The molecule has 16 heavy (non-hydrogen) atoms. The second-order valence-corrected chi connectivity index (χ2v) is 5.17. The van der Waals surface area contributed by atoms with Gasteiger partial charge in [-0.05, 0) is 18.3 Å². The van der Waals surface area contributed by atoms with E-state index in [1.165, 1.54) is 6.42 Å². The summed E-state index contributed by atoms with van der Waals surface area (Å²) in [7, 11) is 1.68. The molecule has 0 aromatic rings. The highest BCUT2D eigenvalue weighted by atomic mass is 16.1. The Morgan fingerprint density at radius 2 is 2.00 bits per heavy atom. The van der Waals surface area contributed by atoms with E-state index in [9.17, 15) is 4.79 Å². The van der Waals surface area contributed by atoms with E-state index in [2.05, 4.69) is 24.1 Å². The molecule has 3 atom stereocenters. The molecule has 1 fully saturated rings. The van der Waals surface area contributed by atoms with Crippen molar-refractivity contribution in [3.8, 4) is 0 Å². The second kappa shape index (κ2) is 6.21. The molecule has 1 saturated heterocycles. The highest BCUT2D eigenvalue weighted by molar-refractivity contribution is 5.76. The van der Waals surface area contributed by atoms with Crippen molar-refractivity contribution in [2.75, 3.05) is 26.7 Å². The van der Waals surface area contributed by atoms with Crippen LogP contribution in [0.4, 0.5) is 0 Å². The van der Waals surface area contributed by atoms with E-state index in [1.807, 2.05) is 0 Å². The number of hydrogen-bond acceptors (Lipinski definition) is 3. The van der Waals surface area contributed by atoms with Gasteiger partial charge in [-0.15, -0.1) is 0 Å². The molecule has 0 aromatic carbocycles. The van der Waals surface area contributed by atoms with Gasteiger partial charge >= 0.3 is 0 Å². The number of amides is 1. The van der Waals surface area contributed by atoms with Crippen LogP contribution in [0.5, 0.6) is 0 Å². The van der Waals surface area contributed by atoms with Crippen LogP contribution in [0.15, 0.2) is 0 Å². The lowest BCUT2D eigenvalue weighted by atomic mass is 9.90. The maximum atomic E-state index is 11.4. The van der Waals surface area contributed by atoms with Crippen molar-refractivity contribution in [3.05, 3.63) is 0 Å². The van der Waals surface area contributed by atoms with Crippen molar-refractivity contribution in [1.29, 1.82) is 0 Å². The van der Waals surface area contributed by atoms with Crippen LogP contribution in [0.1, 0.15) is 26.7 Å². The average molecular weight is 227 g/mol. The minimum atomic E-state index is 0.0846. The third-order valence-electron chi connectivity index (χ3n) is 3.39. The van der Waals surface area contributed by atoms with Gasteiger partial charge in [0, 0.05) is 39.1 Å². The Hall–Kier alpha value is -0.610. The number of piperidine rings is 1. The van der Waals surface area contributed by atoms with E-state index >= 15 is 0 Å². The first-order chi connectivity index (χ1) is 7.56. The topological polar surface area (TPSA) is 58.4 Å². The fraction of sp³-hybridized carbons (Fsp3) is 0.917. The number of nitrogens with two attached hydrogens (primary N) is 1. The van der Waals surface area contributed by atoms with Crippen LogP contribution in [0.3, 0.4) is 0 Å². The smallest absolute Gasteiger partial charge is 0.221 e. The van der Waals surface area contributed by atoms with Crippen LogP contribution in [0.2, 0.25) is 0 Å². The minimum Gasteiger partial charge on any atom is -0.359 e. The van der Waals surface area contributed by atoms with Gasteiger partial charge in [0.15, 0.2) is 0 Å². The van der Waals surface area contributed by atoms with Crippen molar-refractivity contribution in [1.82, 2.24) is 10.2 Å². The first-order valence-corrected chi connectivity index (χ1v) is 6.21. The number of hydrogen-bond donors (Lipinski definition) is 2. The molecule has 0 saturated carbocycles. The molecule has 1 aliphatic rings. The number of nitrogens with one attached hydrogen (secondary N) is 1. The van der Waals surface area contributed by atoms with E-state index in [0.717, 1.165) is 13.1 Å². The second-order valence-electron chi connectivity index (χ2n) is 5.17. The molecular weight excluding hydrogens is 202 g/mol. The lowest BCUT2D eigenvalue weighted by Gasteiger charge is -2.39. The molecular formula is C12H25N3O. The van der Waals surface area contributed by atoms with Gasteiger partial charge in [-0.2, -0.15) is 0 Å². The summed E-state index contributed by atoms with van der Waals surface area (Å²) in [6, 6.07) is 0.199. The predicted molar refractivity (Wildman–Crippen MR) is 66.0 cm³/mol. The summed E-state index contributed by atoms with van der Waals surface area (Å²) in [5, 5.41) is 2.67. The molecule has 3 unspecified atom stereocenters. The Balaban J connectivity index is 2.54. The van der Waals surface area contributed by atoms with Crippen LogP contribution < -0.4 is 11.1 Å². The van der Waals surface area contributed by atoms with Gasteiger partial charge in [-0.25, -0.2) is 0 Å². The molecule has 0 bridgehead atoms. The van der Waals surface area contributed by atoms with Gasteiger partial charge in [-0.1, -0.05) is 13.8 Å². The number of nitrogens with zero attached hydrogens (tertiary/aromatic N) is 1. The Morgan fingerprint density at radius 3 is 2.44 bits per heavy atom. The van der Waals surface area contributed by atoms with Crippen LogP contribution in [0.25, 0.3) is 0 Å². The summed E-state index contributed by atoms with van der Waals surface area (Å²) in [6.07, 6.45) is 1.81. The minimum absolute atomic E-state index is 0.0846. The lowest BCUT2D eigenvalue weighted by molar-refractivity contribution is -0.122. The highest BCUT2D eigenvalue weighted by Crippen LogP contribution is 2.23. The van der Waals surface area contributed by atoms with Crippen molar-refractivity contribution >= 4 is 5.91 Å². The Kier molecular flexibility index (Phi) is 5.22. The van der Waals surface area contributed by atoms with E-state index in [1.54, 1.807) is 7.05 Å². The summed E-state index contributed by atoms with van der Waals surface area (Å²) in [6.45, 7) is 7.26. The molecule has 0 spiro atoms. The molecule has 1 heterocycles. The normalized spacial score (nSPS) is 28.8. The number of carbonyl (C=O) groups excluding carboxylic acids is 1. The maximum Gasteiger partial charge on any atom is 0.221 e. The molecule has 3 N–H and O–H groups in total. The quantitative estimate of drug-likeness (QED) is 0.732. The Labute approximate surface area is 98.6 Å². The standard InChI is InChI=1S/C12H25N3O/c1-9-4-10(2)8-15(7-9)11(6-13)5-12(16)14-3/h9-11H,4-8,13H2,1-3H3,(H,14,16). The van der Waals surface area contributed by atoms with Gasteiger partial charge in [0.25, 0.3) is 0 Å². The van der Waals surface area contributed by atoms with Gasteiger partial charge in [0.05, 0.1) is 0 Å². The molecule has 0 radical (unpaired) electrons. The van der Waals surface area contributed by atoms with Gasteiger partial charge in [0.2, 0.25) is 5.91 Å². The Bertz CT molecular complexity index is 222. The highest BCUT2D eigenvalue weighted by Gasteiger charge is 2.27. The molecule has 0 aliphatic carbocycles. The van der Waals surface area contributed by atoms with E-state index in [0.29, 0.717) is 24.8 Å². The summed E-state index contributed by atoms with van der Waals surface area (Å²) >= 11 is 0. The lowest BCUT2D eigenvalue weighted by Crippen LogP contribution is -2.49. The summed E-state index contributed by atoms with van der Waals surface area (Å²) in [5.41, 5.74) is 5.78. The fourth-order valence-corrected chi connectivity index (χ4v) is 2.69. The van der Waals surface area contributed by atoms with Crippen LogP contribution in [0, 0.1) is 11.8 Å². The van der Waals surface area contributed by atoms with Gasteiger partial charge in [0.1, 0.15) is 0 Å². The van der Waals surface area contributed by atoms with Gasteiger partial charge < -0.3 is 11.1 Å².